The Bertz CT molecular complexity index is 1700. The van der Waals surface area contributed by atoms with E-state index in [-0.39, 0.29) is 0 Å². The standard InChI is InChI=1S/C29H27N3O3S2/c1-15-27(36-16(2)30-15)21-11-8-18-20(31-21)10-9-19-25-24(17-6-4-3-5-7-17)28-22(14-23(37-28)29(33)34)32(25)12-13-35-26(18)19/h8-11,14,17H,3-7,12-13H2,1-2H3,(H,33,34). The van der Waals surface area contributed by atoms with Crippen LogP contribution in [0.4, 0.5) is 0 Å². The first kappa shape index (κ1) is 22.9. The molecule has 0 spiro atoms. The number of fused-ring (bicyclic) bond motifs is 7. The van der Waals surface area contributed by atoms with Crippen LogP contribution >= 0.6 is 22.7 Å². The monoisotopic (exact) mass is 529 g/mol. The number of pyridine rings is 1. The van der Waals surface area contributed by atoms with Gasteiger partial charge in [0.1, 0.15) is 17.2 Å². The van der Waals surface area contributed by atoms with Crippen molar-refractivity contribution >= 4 is 49.8 Å². The summed E-state index contributed by atoms with van der Waals surface area (Å²) >= 11 is 3.10. The maximum absolute atomic E-state index is 11.9. The molecule has 4 aromatic heterocycles. The third-order valence-corrected chi connectivity index (χ3v) is 10.0. The van der Waals surface area contributed by atoms with Gasteiger partial charge in [0.15, 0.2) is 0 Å². The van der Waals surface area contributed by atoms with Gasteiger partial charge in [0, 0.05) is 10.9 Å². The van der Waals surface area contributed by atoms with Crippen molar-refractivity contribution in [1.29, 1.82) is 0 Å². The fourth-order valence-electron chi connectivity index (χ4n) is 6.20. The second kappa shape index (κ2) is 8.67. The highest BCUT2D eigenvalue weighted by atomic mass is 32.1. The molecule has 1 aromatic carbocycles. The predicted molar refractivity (Wildman–Crippen MR) is 149 cm³/mol. The predicted octanol–water partition coefficient (Wildman–Crippen LogP) is 7.80. The van der Waals surface area contributed by atoms with Crippen LogP contribution in [0.25, 0.3) is 42.9 Å². The summed E-state index contributed by atoms with van der Waals surface area (Å²) in [5, 5.41) is 11.8. The topological polar surface area (TPSA) is 77.2 Å². The Morgan fingerprint density at radius 1 is 1.08 bits per heavy atom. The van der Waals surface area contributed by atoms with E-state index in [1.165, 1.54) is 41.9 Å². The summed E-state index contributed by atoms with van der Waals surface area (Å²) in [5.74, 6) is 0.468. The smallest absolute Gasteiger partial charge is 0.345 e. The number of thiophene rings is 1. The Balaban J connectivity index is 1.45. The molecule has 37 heavy (non-hydrogen) atoms. The number of aromatic carboxylic acids is 1. The number of carboxylic acids is 1. The molecule has 0 saturated heterocycles. The van der Waals surface area contributed by atoms with Gasteiger partial charge in [0.25, 0.3) is 0 Å². The molecular formula is C29H27N3O3S2. The van der Waals surface area contributed by atoms with E-state index < -0.39 is 5.97 Å². The summed E-state index contributed by atoms with van der Waals surface area (Å²) in [4.78, 5) is 23.0. The number of ether oxygens (including phenoxy) is 1. The number of hydrogen-bond donors (Lipinski definition) is 1. The van der Waals surface area contributed by atoms with Crippen molar-refractivity contribution in [3.05, 3.63) is 51.5 Å². The van der Waals surface area contributed by atoms with Gasteiger partial charge < -0.3 is 14.4 Å². The molecule has 1 aliphatic carbocycles. The Labute approximate surface area is 222 Å². The van der Waals surface area contributed by atoms with Crippen molar-refractivity contribution in [3.63, 3.8) is 0 Å². The summed E-state index contributed by atoms with van der Waals surface area (Å²) in [6.07, 6.45) is 6.01. The largest absolute Gasteiger partial charge is 0.490 e. The molecule has 5 aromatic rings. The number of thiazole rings is 1. The van der Waals surface area contributed by atoms with Gasteiger partial charge in [-0.25, -0.2) is 14.8 Å². The van der Waals surface area contributed by atoms with Crippen molar-refractivity contribution in [2.45, 2.75) is 58.4 Å². The molecule has 2 aliphatic rings. The highest BCUT2D eigenvalue weighted by molar-refractivity contribution is 7.21. The number of carboxylic acid groups (broad SMARTS) is 1. The number of aromatic nitrogens is 3. The van der Waals surface area contributed by atoms with E-state index in [2.05, 4.69) is 33.8 Å². The SMILES string of the molecule is Cc1nc(C)c(-c2ccc3c4c(ccc3n2)-c2c(C3CCCCC3)c3sc(C(=O)O)cc3n2CCO4)s1. The van der Waals surface area contributed by atoms with Crippen molar-refractivity contribution in [2.75, 3.05) is 6.61 Å². The molecule has 0 atom stereocenters. The highest BCUT2D eigenvalue weighted by Gasteiger charge is 2.32. The summed E-state index contributed by atoms with van der Waals surface area (Å²) < 4.78 is 9.88. The summed E-state index contributed by atoms with van der Waals surface area (Å²) in [6.45, 7) is 5.28. The summed E-state index contributed by atoms with van der Waals surface area (Å²) in [6, 6.07) is 10.3. The zero-order valence-corrected chi connectivity index (χ0v) is 22.5. The average Bonchev–Trinajstić information content (AvgIpc) is 3.52. The van der Waals surface area contributed by atoms with E-state index in [1.54, 1.807) is 11.3 Å². The number of aryl methyl sites for hydroxylation is 2. The van der Waals surface area contributed by atoms with Gasteiger partial charge in [0.05, 0.1) is 49.2 Å². The summed E-state index contributed by atoms with van der Waals surface area (Å²) in [5.41, 5.74) is 7.50. The van der Waals surface area contributed by atoms with Crippen LogP contribution in [0.3, 0.4) is 0 Å². The molecule has 6 nitrogen and oxygen atoms in total. The van der Waals surface area contributed by atoms with Gasteiger partial charge in [-0.3, -0.25) is 0 Å². The first-order valence-corrected chi connectivity index (χ1v) is 14.5. The molecule has 5 heterocycles. The normalized spacial score (nSPS) is 15.9. The van der Waals surface area contributed by atoms with Crippen LogP contribution in [0.1, 0.15) is 64.0 Å². The fourth-order valence-corrected chi connectivity index (χ4v) is 8.21. The molecule has 7 rings (SSSR count). The van der Waals surface area contributed by atoms with Gasteiger partial charge in [-0.15, -0.1) is 22.7 Å². The van der Waals surface area contributed by atoms with Crippen LogP contribution in [0.2, 0.25) is 0 Å². The number of benzene rings is 1. The fraction of sp³-hybridized carbons (Fsp3) is 0.345. The third-order valence-electron chi connectivity index (χ3n) is 7.77. The van der Waals surface area contributed by atoms with Gasteiger partial charge in [0.2, 0.25) is 0 Å². The van der Waals surface area contributed by atoms with Crippen molar-refractivity contribution in [3.8, 4) is 27.6 Å². The minimum Gasteiger partial charge on any atom is -0.490 e. The highest BCUT2D eigenvalue weighted by Crippen LogP contribution is 2.50. The van der Waals surface area contributed by atoms with E-state index in [0.717, 1.165) is 66.5 Å². The third kappa shape index (κ3) is 3.61. The van der Waals surface area contributed by atoms with Gasteiger partial charge >= 0.3 is 5.97 Å². The molecule has 0 unspecified atom stereocenters. The molecule has 1 saturated carbocycles. The van der Waals surface area contributed by atoms with Crippen LogP contribution in [-0.2, 0) is 6.54 Å². The molecule has 188 valence electrons. The molecule has 1 aliphatic heterocycles. The van der Waals surface area contributed by atoms with Gasteiger partial charge in [-0.1, -0.05) is 19.3 Å². The van der Waals surface area contributed by atoms with Crippen LogP contribution in [0.15, 0.2) is 30.3 Å². The van der Waals surface area contributed by atoms with Crippen LogP contribution < -0.4 is 4.74 Å². The molecule has 0 radical (unpaired) electrons. The molecule has 0 bridgehead atoms. The first-order chi connectivity index (χ1) is 18.0. The molecule has 0 amide bonds. The van der Waals surface area contributed by atoms with E-state index in [0.29, 0.717) is 23.9 Å². The Hall–Kier alpha value is -3.23. The molecule has 8 heteroatoms. The van der Waals surface area contributed by atoms with Gasteiger partial charge in [-0.2, -0.15) is 0 Å². The second-order valence-corrected chi connectivity index (χ2v) is 12.3. The minimum atomic E-state index is -0.852. The van der Waals surface area contributed by atoms with Crippen LogP contribution in [0.5, 0.6) is 5.75 Å². The lowest BCUT2D eigenvalue weighted by Crippen LogP contribution is -2.08. The van der Waals surface area contributed by atoms with E-state index >= 15 is 0 Å². The lowest BCUT2D eigenvalue weighted by atomic mass is 9.83. The van der Waals surface area contributed by atoms with Crippen LogP contribution in [0, 0.1) is 13.8 Å². The average molecular weight is 530 g/mol. The minimum absolute atomic E-state index is 0.409. The van der Waals surface area contributed by atoms with Crippen molar-refractivity contribution in [2.24, 2.45) is 0 Å². The molecule has 1 N–H and O–H groups in total. The van der Waals surface area contributed by atoms with Crippen molar-refractivity contribution < 1.29 is 14.6 Å². The lowest BCUT2D eigenvalue weighted by molar-refractivity contribution is 0.0702. The van der Waals surface area contributed by atoms with E-state index in [1.807, 2.05) is 19.9 Å². The first-order valence-electron chi connectivity index (χ1n) is 12.9. The zero-order chi connectivity index (χ0) is 25.3. The quantitative estimate of drug-likeness (QED) is 0.258. The van der Waals surface area contributed by atoms with Crippen LogP contribution in [-0.4, -0.2) is 32.2 Å². The van der Waals surface area contributed by atoms with E-state index in [9.17, 15) is 9.90 Å². The lowest BCUT2D eigenvalue weighted by Gasteiger charge is -2.23. The maximum atomic E-state index is 11.9. The number of hydrogen-bond acceptors (Lipinski definition) is 6. The number of nitrogens with zero attached hydrogens (tertiary/aromatic N) is 3. The van der Waals surface area contributed by atoms with E-state index in [4.69, 9.17) is 9.72 Å². The zero-order valence-electron chi connectivity index (χ0n) is 20.8. The second-order valence-electron chi connectivity index (χ2n) is 10.1. The van der Waals surface area contributed by atoms with Gasteiger partial charge in [-0.05, 0) is 68.5 Å². The summed E-state index contributed by atoms with van der Waals surface area (Å²) in [7, 11) is 0. The Morgan fingerprint density at radius 2 is 1.92 bits per heavy atom. The molecule has 1 fully saturated rings. The molecular weight excluding hydrogens is 502 g/mol. The number of rotatable bonds is 3. The number of carbonyl (C=O) groups is 1. The van der Waals surface area contributed by atoms with Crippen molar-refractivity contribution in [1.82, 2.24) is 14.5 Å². The maximum Gasteiger partial charge on any atom is 0.345 e. The Morgan fingerprint density at radius 3 is 2.68 bits per heavy atom. The Kier molecular flexibility index (Phi) is 5.37.